The van der Waals surface area contributed by atoms with Gasteiger partial charge < -0.3 is 9.47 Å². The summed E-state index contributed by atoms with van der Waals surface area (Å²) in [5.74, 6) is 1.16. The Morgan fingerprint density at radius 1 is 1.17 bits per heavy atom. The second kappa shape index (κ2) is 8.72. The molecule has 0 radical (unpaired) electrons. The van der Waals surface area contributed by atoms with Crippen LogP contribution >= 0.6 is 22.7 Å². The van der Waals surface area contributed by atoms with Gasteiger partial charge in [0, 0.05) is 22.4 Å². The van der Waals surface area contributed by atoms with Crippen LogP contribution in [0.2, 0.25) is 0 Å². The van der Waals surface area contributed by atoms with Crippen molar-refractivity contribution in [2.24, 2.45) is 0 Å². The van der Waals surface area contributed by atoms with E-state index in [0.29, 0.717) is 47.7 Å². The van der Waals surface area contributed by atoms with Gasteiger partial charge in [-0.15, -0.1) is 22.7 Å². The van der Waals surface area contributed by atoms with Crippen LogP contribution in [-0.2, 0) is 16.4 Å². The maximum atomic E-state index is 12.5. The number of nitrogens with zero attached hydrogens (tertiary/aromatic N) is 1. The molecule has 2 N–H and O–H groups in total. The summed E-state index contributed by atoms with van der Waals surface area (Å²) in [6.45, 7) is 1.35. The molecule has 1 aliphatic rings. The topological polar surface area (TPSA) is 107 Å². The summed E-state index contributed by atoms with van der Waals surface area (Å²) in [6, 6.07) is 9.19. The zero-order valence-electron chi connectivity index (χ0n) is 16.0. The van der Waals surface area contributed by atoms with Gasteiger partial charge in [-0.2, -0.15) is 0 Å². The molecule has 3 aromatic rings. The third-order valence-electron chi connectivity index (χ3n) is 4.18. The fourth-order valence-electron chi connectivity index (χ4n) is 2.82. The Hall–Kier alpha value is -2.47. The van der Waals surface area contributed by atoms with E-state index in [4.69, 9.17) is 9.47 Å². The number of fused-ring (bicyclic) bond motifs is 1. The van der Waals surface area contributed by atoms with Gasteiger partial charge in [-0.3, -0.25) is 10.1 Å². The highest BCUT2D eigenvalue weighted by atomic mass is 32.2. The summed E-state index contributed by atoms with van der Waals surface area (Å²) >= 11 is 2.67. The lowest BCUT2D eigenvalue weighted by Crippen LogP contribution is -2.24. The predicted molar refractivity (Wildman–Crippen MR) is 117 cm³/mol. The van der Waals surface area contributed by atoms with Crippen LogP contribution in [0.4, 0.5) is 5.13 Å². The molecule has 3 heterocycles. The maximum Gasteiger partial charge on any atom is 0.267 e. The predicted octanol–water partition coefficient (Wildman–Crippen LogP) is 2.99. The number of thiazole rings is 1. The van der Waals surface area contributed by atoms with Gasteiger partial charge in [0.15, 0.2) is 16.6 Å². The number of nitrogens with one attached hydrogen (secondary N) is 2. The van der Waals surface area contributed by atoms with Crippen molar-refractivity contribution in [3.05, 3.63) is 45.5 Å². The molecular weight excluding hydrogens is 446 g/mol. The van der Waals surface area contributed by atoms with Crippen LogP contribution in [0, 0.1) is 0 Å². The molecule has 1 amide bonds. The molecule has 30 heavy (non-hydrogen) atoms. The molecule has 4 rings (SSSR count). The zero-order chi connectivity index (χ0) is 21.1. The summed E-state index contributed by atoms with van der Waals surface area (Å²) < 4.78 is 35.8. The van der Waals surface area contributed by atoms with Crippen LogP contribution in [0.15, 0.2) is 35.7 Å². The Bertz CT molecular complexity index is 1170. The number of ether oxygens (including phenoxy) is 2. The molecule has 0 aliphatic carbocycles. The number of hydrogen-bond donors (Lipinski definition) is 2. The van der Waals surface area contributed by atoms with Gasteiger partial charge in [-0.1, -0.05) is 0 Å². The molecule has 0 spiro atoms. The molecule has 11 heteroatoms. The Morgan fingerprint density at radius 2 is 1.97 bits per heavy atom. The normalized spacial score (nSPS) is 13.2. The number of sulfonamides is 1. The van der Waals surface area contributed by atoms with E-state index in [9.17, 15) is 13.2 Å². The van der Waals surface area contributed by atoms with Crippen molar-refractivity contribution in [1.82, 2.24) is 9.71 Å². The van der Waals surface area contributed by atoms with Crippen LogP contribution < -0.4 is 19.5 Å². The third kappa shape index (κ3) is 5.17. The number of carbonyl (C=O) groups excluding carboxylic acids is 1. The number of carbonyl (C=O) groups is 1. The van der Waals surface area contributed by atoms with E-state index in [-0.39, 0.29) is 5.91 Å². The monoisotopic (exact) mass is 465 g/mol. The van der Waals surface area contributed by atoms with Crippen molar-refractivity contribution in [2.75, 3.05) is 31.3 Å². The second-order valence-corrected chi connectivity index (χ2v) is 10.4. The fraction of sp³-hybridized carbons (Fsp3) is 0.263. The molecule has 0 saturated heterocycles. The number of anilines is 1. The number of benzene rings is 1. The molecule has 1 aliphatic heterocycles. The molecule has 1 aromatic carbocycles. The molecule has 2 aromatic heterocycles. The summed E-state index contributed by atoms with van der Waals surface area (Å²) in [7, 11) is -3.22. The van der Waals surface area contributed by atoms with Crippen molar-refractivity contribution in [3.8, 4) is 22.8 Å². The minimum absolute atomic E-state index is 0.245. The van der Waals surface area contributed by atoms with Crippen molar-refractivity contribution < 1.29 is 22.7 Å². The quantitative estimate of drug-likeness (QED) is 0.556. The molecule has 0 fully saturated rings. The molecule has 158 valence electrons. The highest BCUT2D eigenvalue weighted by Gasteiger charge is 2.15. The lowest BCUT2D eigenvalue weighted by molar-refractivity contribution is 0.103. The third-order valence-corrected chi connectivity index (χ3v) is 6.81. The van der Waals surface area contributed by atoms with Crippen molar-refractivity contribution in [3.63, 3.8) is 0 Å². The van der Waals surface area contributed by atoms with Crippen LogP contribution in [0.5, 0.6) is 11.5 Å². The Kier molecular flexibility index (Phi) is 6.04. The number of thiophene rings is 1. The largest absolute Gasteiger partial charge is 0.486 e. The molecule has 8 nitrogen and oxygen atoms in total. The first-order chi connectivity index (χ1) is 14.4. The van der Waals surface area contributed by atoms with Gasteiger partial charge in [-0.25, -0.2) is 18.1 Å². The second-order valence-electron chi connectivity index (χ2n) is 6.53. The highest BCUT2D eigenvalue weighted by Crippen LogP contribution is 2.35. The molecule has 0 unspecified atom stereocenters. The Morgan fingerprint density at radius 3 is 2.77 bits per heavy atom. The van der Waals surface area contributed by atoms with Crippen molar-refractivity contribution in [2.45, 2.75) is 6.42 Å². The molecule has 0 atom stereocenters. The first-order valence-corrected chi connectivity index (χ1v) is 12.7. The number of amides is 1. The highest BCUT2D eigenvalue weighted by molar-refractivity contribution is 7.88. The zero-order valence-corrected chi connectivity index (χ0v) is 18.5. The maximum absolute atomic E-state index is 12.5. The number of hydrogen-bond acceptors (Lipinski definition) is 8. The summed E-state index contributed by atoms with van der Waals surface area (Å²) in [5.41, 5.74) is 1.62. The van der Waals surface area contributed by atoms with E-state index >= 15 is 0 Å². The van der Waals surface area contributed by atoms with E-state index < -0.39 is 10.0 Å². The number of rotatable bonds is 7. The lowest BCUT2D eigenvalue weighted by atomic mass is 10.1. The molecular formula is C19H19N3O5S3. The first-order valence-electron chi connectivity index (χ1n) is 9.08. The molecule has 0 bridgehead atoms. The van der Waals surface area contributed by atoms with Crippen LogP contribution in [0.3, 0.4) is 0 Å². The smallest absolute Gasteiger partial charge is 0.267 e. The van der Waals surface area contributed by atoms with E-state index in [1.165, 1.54) is 22.7 Å². The average molecular weight is 466 g/mol. The van der Waals surface area contributed by atoms with E-state index in [2.05, 4.69) is 15.0 Å². The SMILES string of the molecule is CS(=O)(=O)NCCc1ccc(C(=O)Nc2nc(-c3ccc4c(c3)OCCO4)cs2)s1. The van der Waals surface area contributed by atoms with Gasteiger partial charge >= 0.3 is 0 Å². The van der Waals surface area contributed by atoms with Gasteiger partial charge in [0.1, 0.15) is 13.2 Å². The van der Waals surface area contributed by atoms with Crippen LogP contribution in [-0.4, -0.2) is 45.3 Å². The minimum atomic E-state index is -3.22. The lowest BCUT2D eigenvalue weighted by Gasteiger charge is -2.18. The minimum Gasteiger partial charge on any atom is -0.486 e. The average Bonchev–Trinajstić information content (AvgIpc) is 3.36. The Balaban J connectivity index is 1.38. The van der Waals surface area contributed by atoms with E-state index in [0.717, 1.165) is 22.4 Å². The van der Waals surface area contributed by atoms with Crippen molar-refractivity contribution in [1.29, 1.82) is 0 Å². The molecule has 0 saturated carbocycles. The van der Waals surface area contributed by atoms with Gasteiger partial charge in [0.05, 0.1) is 16.8 Å². The summed E-state index contributed by atoms with van der Waals surface area (Å²) in [4.78, 5) is 18.5. The Labute approximate surface area is 181 Å². The van der Waals surface area contributed by atoms with Crippen LogP contribution in [0.25, 0.3) is 11.3 Å². The van der Waals surface area contributed by atoms with Crippen LogP contribution in [0.1, 0.15) is 14.5 Å². The van der Waals surface area contributed by atoms with Gasteiger partial charge in [0.2, 0.25) is 10.0 Å². The van der Waals surface area contributed by atoms with Gasteiger partial charge in [-0.05, 0) is 36.8 Å². The number of aromatic nitrogens is 1. The summed E-state index contributed by atoms with van der Waals surface area (Å²) in [6.07, 6.45) is 1.64. The van der Waals surface area contributed by atoms with E-state index in [1.54, 1.807) is 6.07 Å². The van der Waals surface area contributed by atoms with Crippen molar-refractivity contribution >= 4 is 43.7 Å². The van der Waals surface area contributed by atoms with Gasteiger partial charge in [0.25, 0.3) is 5.91 Å². The summed E-state index contributed by atoms with van der Waals surface area (Å²) in [5, 5.41) is 5.19. The van der Waals surface area contributed by atoms with E-state index in [1.807, 2.05) is 29.6 Å². The standard InChI is InChI=1S/C19H19N3O5S3/c1-30(24,25)20-7-6-13-3-5-17(29-13)18(23)22-19-21-14(11-28-19)12-2-4-15-16(10-12)27-9-8-26-15/h2-5,10-11,20H,6-9H2,1H3,(H,21,22,23). The fourth-order valence-corrected chi connectivity index (χ4v) is 4.91. The first kappa shape index (κ1) is 20.8.